The van der Waals surface area contributed by atoms with E-state index >= 15 is 0 Å². The fourth-order valence-electron chi connectivity index (χ4n) is 4.17. The summed E-state index contributed by atoms with van der Waals surface area (Å²) in [6, 6.07) is 10.7. The minimum atomic E-state index is 0.147. The van der Waals surface area contributed by atoms with Gasteiger partial charge in [0.1, 0.15) is 0 Å². The Morgan fingerprint density at radius 2 is 2.00 bits per heavy atom. The van der Waals surface area contributed by atoms with Crippen LogP contribution >= 0.6 is 23.6 Å². The lowest BCUT2D eigenvalue weighted by Gasteiger charge is -2.34. The molecule has 3 nitrogen and oxygen atoms in total. The first-order chi connectivity index (χ1) is 12.9. The molecule has 4 rings (SSSR count). The molecule has 0 spiro atoms. The van der Waals surface area contributed by atoms with Crippen LogP contribution in [0.5, 0.6) is 0 Å². The minimum Gasteiger partial charge on any atom is -0.293 e. The van der Waals surface area contributed by atoms with Gasteiger partial charge in [0.05, 0.1) is 6.04 Å². The van der Waals surface area contributed by atoms with E-state index in [1.165, 1.54) is 34.4 Å². The zero-order valence-corrected chi connectivity index (χ0v) is 18.1. The van der Waals surface area contributed by atoms with Crippen LogP contribution < -0.4 is 0 Å². The van der Waals surface area contributed by atoms with E-state index in [0.29, 0.717) is 10.2 Å². The first-order valence-corrected chi connectivity index (χ1v) is 11.0. The third-order valence-electron chi connectivity index (χ3n) is 5.99. The van der Waals surface area contributed by atoms with Gasteiger partial charge in [-0.1, -0.05) is 51.1 Å². The molecule has 0 bridgehead atoms. The maximum Gasteiger partial charge on any atom is 0.196 e. The van der Waals surface area contributed by atoms with E-state index in [0.717, 1.165) is 18.2 Å². The highest BCUT2D eigenvalue weighted by Crippen LogP contribution is 2.43. The first kappa shape index (κ1) is 18.6. The van der Waals surface area contributed by atoms with E-state index in [-0.39, 0.29) is 6.04 Å². The van der Waals surface area contributed by atoms with Crippen LogP contribution in [0.25, 0.3) is 11.4 Å². The summed E-state index contributed by atoms with van der Waals surface area (Å²) in [4.78, 5) is 1.53. The highest BCUT2D eigenvalue weighted by molar-refractivity contribution is 7.71. The molecular formula is C22H27N3S2. The van der Waals surface area contributed by atoms with Gasteiger partial charge in [0, 0.05) is 15.8 Å². The van der Waals surface area contributed by atoms with E-state index in [2.05, 4.69) is 72.1 Å². The third kappa shape index (κ3) is 3.43. The normalized spacial score (nSPS) is 18.3. The van der Waals surface area contributed by atoms with Crippen LogP contribution in [0.2, 0.25) is 0 Å². The highest BCUT2D eigenvalue weighted by atomic mass is 32.1. The van der Waals surface area contributed by atoms with Crippen molar-refractivity contribution in [3.05, 3.63) is 56.5 Å². The van der Waals surface area contributed by atoms with E-state index in [9.17, 15) is 0 Å². The Balaban J connectivity index is 1.73. The van der Waals surface area contributed by atoms with Crippen molar-refractivity contribution < 1.29 is 0 Å². The zero-order valence-electron chi connectivity index (χ0n) is 16.5. The van der Waals surface area contributed by atoms with Crippen molar-refractivity contribution in [2.75, 3.05) is 0 Å². The van der Waals surface area contributed by atoms with Crippen LogP contribution in [0.15, 0.2) is 35.7 Å². The average Bonchev–Trinajstić information content (AvgIpc) is 3.23. The van der Waals surface area contributed by atoms with Crippen LogP contribution in [-0.2, 0) is 12.8 Å². The zero-order chi connectivity index (χ0) is 19.2. The molecule has 5 heteroatoms. The Morgan fingerprint density at radius 3 is 2.70 bits per heavy atom. The predicted octanol–water partition coefficient (Wildman–Crippen LogP) is 6.43. The smallest absolute Gasteiger partial charge is 0.196 e. The van der Waals surface area contributed by atoms with Gasteiger partial charge in [-0.15, -0.1) is 11.3 Å². The van der Waals surface area contributed by atoms with Crippen LogP contribution in [0.1, 0.15) is 56.2 Å². The van der Waals surface area contributed by atoms with Crippen molar-refractivity contribution in [1.82, 2.24) is 14.8 Å². The second-order valence-corrected chi connectivity index (χ2v) is 10.0. The Labute approximate surface area is 170 Å². The number of benzene rings is 1. The van der Waals surface area contributed by atoms with Gasteiger partial charge in [-0.25, -0.2) is 0 Å². The number of H-pyrrole nitrogens is 1. The Morgan fingerprint density at radius 1 is 1.26 bits per heavy atom. The molecule has 1 aliphatic carbocycles. The number of nitrogens with zero attached hydrogens (tertiary/aromatic N) is 2. The average molecular weight is 398 g/mol. The second-order valence-electron chi connectivity index (χ2n) is 8.67. The summed E-state index contributed by atoms with van der Waals surface area (Å²) in [5, 5.41) is 9.96. The van der Waals surface area contributed by atoms with Crippen molar-refractivity contribution in [2.45, 2.75) is 53.0 Å². The molecule has 0 amide bonds. The summed E-state index contributed by atoms with van der Waals surface area (Å²) in [5.74, 6) is 1.73. The number of aromatic amines is 1. The molecule has 142 valence electrons. The Hall–Kier alpha value is -1.72. The summed E-state index contributed by atoms with van der Waals surface area (Å²) in [7, 11) is 0. The number of thiophene rings is 1. The lowest BCUT2D eigenvalue weighted by Crippen LogP contribution is -2.26. The van der Waals surface area contributed by atoms with Gasteiger partial charge in [-0.2, -0.15) is 5.10 Å². The monoisotopic (exact) mass is 397 g/mol. The number of nitrogens with one attached hydrogen (secondary N) is 1. The second kappa shape index (κ2) is 7.02. The maximum atomic E-state index is 5.59. The summed E-state index contributed by atoms with van der Waals surface area (Å²) >= 11 is 7.48. The van der Waals surface area contributed by atoms with Crippen molar-refractivity contribution in [3.63, 3.8) is 0 Å². The molecule has 1 N–H and O–H groups in total. The molecule has 1 aliphatic rings. The largest absolute Gasteiger partial charge is 0.293 e. The van der Waals surface area contributed by atoms with Crippen LogP contribution in [-0.4, -0.2) is 14.8 Å². The quantitative estimate of drug-likeness (QED) is 0.517. The maximum absolute atomic E-state index is 5.59. The molecule has 3 aromatic rings. The molecule has 0 saturated carbocycles. The lowest BCUT2D eigenvalue weighted by atomic mass is 9.72. The van der Waals surface area contributed by atoms with E-state index < -0.39 is 0 Å². The molecule has 0 fully saturated rings. The predicted molar refractivity (Wildman–Crippen MR) is 116 cm³/mol. The number of aromatic nitrogens is 3. The summed E-state index contributed by atoms with van der Waals surface area (Å²) in [5.41, 5.74) is 4.35. The fourth-order valence-corrected chi connectivity index (χ4v) is 5.62. The van der Waals surface area contributed by atoms with Crippen molar-refractivity contribution >= 4 is 23.6 Å². The molecule has 0 unspecified atom stereocenters. The Kier molecular flexibility index (Phi) is 4.85. The Bertz CT molecular complexity index is 989. The first-order valence-electron chi connectivity index (χ1n) is 9.67. The molecule has 0 aliphatic heterocycles. The van der Waals surface area contributed by atoms with E-state index in [1.807, 2.05) is 17.4 Å². The number of rotatable bonds is 3. The van der Waals surface area contributed by atoms with Gasteiger partial charge in [-0.05, 0) is 60.9 Å². The van der Waals surface area contributed by atoms with Gasteiger partial charge in [0.2, 0.25) is 0 Å². The lowest BCUT2D eigenvalue weighted by molar-refractivity contribution is 0.218. The molecule has 2 heterocycles. The summed E-state index contributed by atoms with van der Waals surface area (Å²) < 4.78 is 2.85. The fraction of sp³-hybridized carbons (Fsp3) is 0.455. The van der Waals surface area contributed by atoms with Crippen molar-refractivity contribution in [3.8, 4) is 11.4 Å². The van der Waals surface area contributed by atoms with Gasteiger partial charge >= 0.3 is 0 Å². The standard InChI is InChI=1S/C22H27N3S2/c1-14(15-8-6-5-7-9-15)25-20(23-24-21(25)26)18-13-27-19-12-16(22(2,3)4)10-11-17(18)19/h5-9,13-14,16H,10-12H2,1-4H3,(H,24,26)/t14-,16-/m0/s1. The van der Waals surface area contributed by atoms with Crippen molar-refractivity contribution in [2.24, 2.45) is 11.3 Å². The minimum absolute atomic E-state index is 0.147. The van der Waals surface area contributed by atoms with Gasteiger partial charge in [-0.3, -0.25) is 9.67 Å². The van der Waals surface area contributed by atoms with Gasteiger partial charge in [0.15, 0.2) is 10.6 Å². The molecule has 2 aromatic heterocycles. The number of hydrogen-bond donors (Lipinski definition) is 1. The van der Waals surface area contributed by atoms with Crippen LogP contribution in [0.4, 0.5) is 0 Å². The van der Waals surface area contributed by atoms with Crippen LogP contribution in [0.3, 0.4) is 0 Å². The van der Waals surface area contributed by atoms with Gasteiger partial charge < -0.3 is 0 Å². The molecular weight excluding hydrogens is 370 g/mol. The van der Waals surface area contributed by atoms with E-state index in [1.54, 1.807) is 0 Å². The molecule has 0 saturated heterocycles. The van der Waals surface area contributed by atoms with Crippen molar-refractivity contribution in [1.29, 1.82) is 0 Å². The number of fused-ring (bicyclic) bond motifs is 1. The topological polar surface area (TPSA) is 33.6 Å². The third-order valence-corrected chi connectivity index (χ3v) is 7.33. The summed E-state index contributed by atoms with van der Waals surface area (Å²) in [6.45, 7) is 9.29. The highest BCUT2D eigenvalue weighted by Gasteiger charge is 2.31. The summed E-state index contributed by atoms with van der Waals surface area (Å²) in [6.07, 6.45) is 3.57. The number of hydrogen-bond acceptors (Lipinski definition) is 3. The SMILES string of the molecule is C[C@@H](c1ccccc1)n1c(-c2csc3c2CC[C@H](C(C)(C)C)C3)n[nH]c1=S. The van der Waals surface area contributed by atoms with Crippen LogP contribution in [0, 0.1) is 16.1 Å². The molecule has 27 heavy (non-hydrogen) atoms. The van der Waals surface area contributed by atoms with Gasteiger partial charge in [0.25, 0.3) is 0 Å². The van der Waals surface area contributed by atoms with E-state index in [4.69, 9.17) is 12.2 Å². The molecule has 0 radical (unpaired) electrons. The molecule has 1 aromatic carbocycles. The molecule has 2 atom stereocenters.